The molecule has 0 amide bonds. The Morgan fingerprint density at radius 2 is 1.67 bits per heavy atom. The van der Waals surface area contributed by atoms with Crippen molar-refractivity contribution in [3.63, 3.8) is 0 Å². The van der Waals surface area contributed by atoms with Crippen molar-refractivity contribution < 1.29 is 54.0 Å². The van der Waals surface area contributed by atoms with E-state index in [-0.39, 0.29) is 38.8 Å². The number of carbonyl (C=O) groups is 1. The quantitative estimate of drug-likeness (QED) is 0.135. The SMILES string of the molecule is CC.CCCCCCCC[C@@H]1C(OC2CC(O)C(O)C(CO)O2)C[C@H]2Cc3c(cccc3OCC(=O)OC3CC(O)CC(CO)O3)C[C@H]21. The maximum Gasteiger partial charge on any atom is 0.346 e. The van der Waals surface area contributed by atoms with Gasteiger partial charge in [0.15, 0.2) is 12.9 Å². The molecular weight excluding hydrogens is 620 g/mol. The molecule has 1 aromatic rings. The molecule has 274 valence electrons. The summed E-state index contributed by atoms with van der Waals surface area (Å²) >= 11 is 0. The second-order valence-corrected chi connectivity index (χ2v) is 13.7. The number of ether oxygens (including phenoxy) is 5. The zero-order valence-corrected chi connectivity index (χ0v) is 29.1. The Kier molecular flexibility index (Phi) is 15.9. The summed E-state index contributed by atoms with van der Waals surface area (Å²) in [7, 11) is 0. The van der Waals surface area contributed by atoms with Crippen LogP contribution in [0.1, 0.15) is 103 Å². The van der Waals surface area contributed by atoms with Crippen molar-refractivity contribution in [3.8, 4) is 5.75 Å². The van der Waals surface area contributed by atoms with Crippen LogP contribution in [-0.4, -0.2) is 101 Å². The predicted octanol–water partition coefficient (Wildman–Crippen LogP) is 3.81. The summed E-state index contributed by atoms with van der Waals surface area (Å²) in [5.41, 5.74) is 2.30. The molecule has 0 aromatic heterocycles. The first-order chi connectivity index (χ1) is 23.3. The fraction of sp³-hybridized carbons (Fsp3) is 0.811. The minimum absolute atomic E-state index is 0.0697. The summed E-state index contributed by atoms with van der Waals surface area (Å²) in [4.78, 5) is 12.6. The second-order valence-electron chi connectivity index (χ2n) is 13.7. The third kappa shape index (κ3) is 10.4. The molecule has 5 rings (SSSR count). The van der Waals surface area contributed by atoms with Gasteiger partial charge in [0.1, 0.15) is 18.0 Å². The average Bonchev–Trinajstić information content (AvgIpc) is 3.41. The van der Waals surface area contributed by atoms with Crippen LogP contribution in [0.5, 0.6) is 5.75 Å². The van der Waals surface area contributed by atoms with Gasteiger partial charge in [-0.3, -0.25) is 0 Å². The largest absolute Gasteiger partial charge is 0.482 e. The smallest absolute Gasteiger partial charge is 0.346 e. The molecule has 0 radical (unpaired) electrons. The van der Waals surface area contributed by atoms with Crippen LogP contribution < -0.4 is 4.74 Å². The minimum atomic E-state index is -1.14. The van der Waals surface area contributed by atoms with Crippen molar-refractivity contribution in [2.45, 2.75) is 153 Å². The predicted molar refractivity (Wildman–Crippen MR) is 178 cm³/mol. The van der Waals surface area contributed by atoms with Gasteiger partial charge in [-0.2, -0.15) is 0 Å². The topological polar surface area (TPSA) is 164 Å². The molecule has 1 saturated carbocycles. The molecule has 8 unspecified atom stereocenters. The highest BCUT2D eigenvalue weighted by molar-refractivity contribution is 5.71. The highest BCUT2D eigenvalue weighted by Gasteiger charge is 2.48. The van der Waals surface area contributed by atoms with Gasteiger partial charge in [-0.05, 0) is 60.6 Å². The van der Waals surface area contributed by atoms with Crippen LogP contribution in [0, 0.1) is 17.8 Å². The van der Waals surface area contributed by atoms with E-state index >= 15 is 0 Å². The minimum Gasteiger partial charge on any atom is -0.482 e. The van der Waals surface area contributed by atoms with Crippen molar-refractivity contribution in [2.24, 2.45) is 17.8 Å². The Morgan fingerprint density at radius 3 is 2.42 bits per heavy atom. The Balaban J connectivity index is 0.00000255. The van der Waals surface area contributed by atoms with E-state index in [4.69, 9.17) is 23.7 Å². The molecule has 0 spiro atoms. The number of hydrogen-bond acceptors (Lipinski definition) is 11. The monoisotopic (exact) mass is 680 g/mol. The summed E-state index contributed by atoms with van der Waals surface area (Å²) in [5, 5.41) is 49.7. The van der Waals surface area contributed by atoms with Crippen LogP contribution >= 0.6 is 0 Å². The maximum atomic E-state index is 12.6. The molecule has 2 aliphatic carbocycles. The van der Waals surface area contributed by atoms with E-state index in [2.05, 4.69) is 13.0 Å². The summed E-state index contributed by atoms with van der Waals surface area (Å²) in [6.45, 7) is 5.28. The molecule has 5 N–H and O–H groups in total. The van der Waals surface area contributed by atoms with Gasteiger partial charge in [0.25, 0.3) is 0 Å². The van der Waals surface area contributed by atoms with E-state index < -0.39 is 49.1 Å². The molecule has 11 atom stereocenters. The molecule has 1 aromatic carbocycles. The van der Waals surface area contributed by atoms with E-state index in [1.165, 1.54) is 37.7 Å². The van der Waals surface area contributed by atoms with Gasteiger partial charge in [-0.15, -0.1) is 0 Å². The third-order valence-corrected chi connectivity index (χ3v) is 10.4. The van der Waals surface area contributed by atoms with Gasteiger partial charge in [-0.1, -0.05) is 71.4 Å². The molecule has 48 heavy (non-hydrogen) atoms. The number of unbranched alkanes of at least 4 members (excludes halogenated alkanes) is 5. The molecule has 11 heteroatoms. The van der Waals surface area contributed by atoms with Crippen molar-refractivity contribution in [3.05, 3.63) is 29.3 Å². The lowest BCUT2D eigenvalue weighted by Gasteiger charge is -2.38. The van der Waals surface area contributed by atoms with Crippen LogP contribution in [0.3, 0.4) is 0 Å². The number of hydrogen-bond donors (Lipinski definition) is 5. The van der Waals surface area contributed by atoms with Crippen LogP contribution in [-0.2, 0) is 36.6 Å². The van der Waals surface area contributed by atoms with Gasteiger partial charge < -0.3 is 49.2 Å². The first kappa shape index (κ1) is 39.0. The Morgan fingerprint density at radius 1 is 0.896 bits per heavy atom. The van der Waals surface area contributed by atoms with Crippen molar-refractivity contribution >= 4 is 5.97 Å². The fourth-order valence-corrected chi connectivity index (χ4v) is 8.04. The number of benzene rings is 1. The number of esters is 1. The van der Waals surface area contributed by atoms with Crippen molar-refractivity contribution in [2.75, 3.05) is 19.8 Å². The molecule has 4 aliphatic rings. The first-order valence-corrected chi connectivity index (χ1v) is 18.4. The van der Waals surface area contributed by atoms with Crippen LogP contribution in [0.2, 0.25) is 0 Å². The lowest BCUT2D eigenvalue weighted by molar-refractivity contribution is -0.273. The number of aliphatic hydroxyl groups excluding tert-OH is 5. The molecular formula is C37H60O11. The van der Waals surface area contributed by atoms with Gasteiger partial charge in [0, 0.05) is 19.3 Å². The Hall–Kier alpha value is -1.83. The van der Waals surface area contributed by atoms with Gasteiger partial charge in [-0.25, -0.2) is 4.79 Å². The molecule has 11 nitrogen and oxygen atoms in total. The van der Waals surface area contributed by atoms with E-state index in [1.54, 1.807) is 0 Å². The average molecular weight is 681 g/mol. The van der Waals surface area contributed by atoms with Crippen LogP contribution in [0.15, 0.2) is 18.2 Å². The normalized spacial score (nSPS) is 34.4. The number of aliphatic hydroxyl groups is 5. The Bertz CT molecular complexity index is 1100. The van der Waals surface area contributed by atoms with Crippen molar-refractivity contribution in [1.82, 2.24) is 0 Å². The summed E-state index contributed by atoms with van der Waals surface area (Å²) < 4.78 is 29.4. The molecule has 3 fully saturated rings. The number of fused-ring (bicyclic) bond motifs is 2. The second kappa shape index (κ2) is 19.5. The summed E-state index contributed by atoms with van der Waals surface area (Å²) in [5.74, 6) is 1.13. The van der Waals surface area contributed by atoms with Gasteiger partial charge in [0.05, 0.1) is 37.6 Å². The van der Waals surface area contributed by atoms with Gasteiger partial charge in [0.2, 0.25) is 6.29 Å². The maximum absolute atomic E-state index is 12.6. The lowest BCUT2D eigenvalue weighted by atomic mass is 9.73. The zero-order valence-electron chi connectivity index (χ0n) is 29.1. The molecule has 2 aliphatic heterocycles. The molecule has 2 heterocycles. The number of rotatable bonds is 15. The van der Waals surface area contributed by atoms with E-state index in [0.29, 0.717) is 29.9 Å². The fourth-order valence-electron chi connectivity index (χ4n) is 8.04. The van der Waals surface area contributed by atoms with Crippen LogP contribution in [0.4, 0.5) is 0 Å². The summed E-state index contributed by atoms with van der Waals surface area (Å²) in [6.07, 6.45) is 5.45. The van der Waals surface area contributed by atoms with Crippen LogP contribution in [0.25, 0.3) is 0 Å². The standard InChI is InChI=1S/C35H54O11.C2H6/c1-2-3-4-5-6-7-10-25-26-12-21-9-8-11-29(42-20-32(40)46-33-16-23(38)15-24(18-36)43-33)27(21)13-22(26)14-30(25)44-34-17-28(39)35(41)31(19-37)45-34;1-2/h8-9,11,22-26,28,30-31,33-39,41H,2-7,10,12-20H2,1H3;1-2H3/t22-,23?,24?,25+,26-,28?,30?,31?,33?,34?,35?;/m1./s1. The third-order valence-electron chi connectivity index (χ3n) is 10.4. The van der Waals surface area contributed by atoms with E-state index in [9.17, 15) is 30.3 Å². The summed E-state index contributed by atoms with van der Waals surface area (Å²) in [6, 6.07) is 5.96. The lowest BCUT2D eigenvalue weighted by Crippen LogP contribution is -2.51. The van der Waals surface area contributed by atoms with E-state index in [0.717, 1.165) is 37.7 Å². The van der Waals surface area contributed by atoms with E-state index in [1.807, 2.05) is 26.0 Å². The Labute approximate surface area is 285 Å². The zero-order chi connectivity index (χ0) is 34.6. The van der Waals surface area contributed by atoms with Gasteiger partial charge >= 0.3 is 5.97 Å². The van der Waals surface area contributed by atoms with Crippen molar-refractivity contribution in [1.29, 1.82) is 0 Å². The first-order valence-electron chi connectivity index (χ1n) is 18.4. The molecule has 0 bridgehead atoms. The highest BCUT2D eigenvalue weighted by Crippen LogP contribution is 2.50. The number of carbonyl (C=O) groups excluding carboxylic acids is 1. The highest BCUT2D eigenvalue weighted by atomic mass is 16.7. The molecule has 2 saturated heterocycles.